The lowest BCUT2D eigenvalue weighted by atomic mass is 9.79. The summed E-state index contributed by atoms with van der Waals surface area (Å²) in [6.45, 7) is 16.6. The average molecular weight is 539 g/mol. The Labute approximate surface area is 230 Å². The number of hydrogen-bond acceptors (Lipinski definition) is 6. The molecular formula is C30H42N4O3S. The van der Waals surface area contributed by atoms with E-state index in [9.17, 15) is 9.59 Å². The number of likely N-dealkylation sites (tertiary alicyclic amines) is 1. The highest BCUT2D eigenvalue weighted by Gasteiger charge is 2.26. The van der Waals surface area contributed by atoms with Crippen LogP contribution in [-0.4, -0.2) is 52.2 Å². The Kier molecular flexibility index (Phi) is 9.18. The second-order valence-electron chi connectivity index (χ2n) is 12.3. The van der Waals surface area contributed by atoms with Crippen molar-refractivity contribution in [1.29, 1.82) is 0 Å². The topological polar surface area (TPSA) is 109 Å². The van der Waals surface area contributed by atoms with Gasteiger partial charge in [-0.1, -0.05) is 47.6 Å². The lowest BCUT2D eigenvalue weighted by Gasteiger charge is -2.31. The van der Waals surface area contributed by atoms with E-state index in [2.05, 4.69) is 64.7 Å². The lowest BCUT2D eigenvalue weighted by molar-refractivity contribution is -0.136. The lowest BCUT2D eigenvalue weighted by Crippen LogP contribution is -2.39. The third-order valence-corrected chi connectivity index (χ3v) is 8.11. The molecule has 0 atom stereocenters. The van der Waals surface area contributed by atoms with Gasteiger partial charge in [-0.05, 0) is 65.8 Å². The van der Waals surface area contributed by atoms with Gasteiger partial charge < -0.3 is 15.7 Å². The number of aromatic nitrogens is 1. The SMILES string of the molecule is CC(C=C(N)CC(=O)O)=NCC(=O)N1CCC(c2cnc(-c3cc(C(C)(C)C)cc(C(C)(C)C)c3)s2)CC1. The van der Waals surface area contributed by atoms with Crippen LogP contribution in [0.15, 0.2) is 41.2 Å². The van der Waals surface area contributed by atoms with Crippen molar-refractivity contribution in [1.82, 2.24) is 9.88 Å². The minimum atomic E-state index is -0.994. The monoisotopic (exact) mass is 538 g/mol. The van der Waals surface area contributed by atoms with Gasteiger partial charge in [-0.3, -0.25) is 14.6 Å². The van der Waals surface area contributed by atoms with E-state index >= 15 is 0 Å². The fourth-order valence-electron chi connectivity index (χ4n) is 4.47. The Bertz CT molecular complexity index is 1190. The first-order valence-corrected chi connectivity index (χ1v) is 14.0. The maximum absolute atomic E-state index is 12.7. The van der Waals surface area contributed by atoms with E-state index in [0.29, 0.717) is 24.7 Å². The van der Waals surface area contributed by atoms with Crippen molar-refractivity contribution in [2.45, 2.75) is 84.5 Å². The normalized spacial score (nSPS) is 16.1. The molecule has 2 heterocycles. The molecule has 206 valence electrons. The number of hydrogen-bond donors (Lipinski definition) is 2. The van der Waals surface area contributed by atoms with Crippen LogP contribution in [0, 0.1) is 0 Å². The van der Waals surface area contributed by atoms with Crippen LogP contribution < -0.4 is 5.73 Å². The summed E-state index contributed by atoms with van der Waals surface area (Å²) < 4.78 is 0. The van der Waals surface area contributed by atoms with Crippen molar-refractivity contribution in [3.8, 4) is 10.6 Å². The molecule has 1 fully saturated rings. The van der Waals surface area contributed by atoms with Gasteiger partial charge in [-0.15, -0.1) is 11.3 Å². The molecule has 0 unspecified atom stereocenters. The van der Waals surface area contributed by atoms with Gasteiger partial charge in [0, 0.05) is 41.1 Å². The fourth-order valence-corrected chi connectivity index (χ4v) is 5.54. The number of carbonyl (C=O) groups excluding carboxylic acids is 1. The zero-order chi connectivity index (χ0) is 28.3. The minimum Gasteiger partial charge on any atom is -0.481 e. The van der Waals surface area contributed by atoms with Crippen molar-refractivity contribution < 1.29 is 14.7 Å². The second kappa shape index (κ2) is 11.8. The molecule has 0 saturated carbocycles. The molecule has 1 saturated heterocycles. The number of benzene rings is 1. The van der Waals surface area contributed by atoms with Crippen molar-refractivity contribution in [2.75, 3.05) is 19.6 Å². The minimum absolute atomic E-state index is 0.0216. The summed E-state index contributed by atoms with van der Waals surface area (Å²) in [6, 6.07) is 6.90. The van der Waals surface area contributed by atoms with Crippen molar-refractivity contribution in [3.63, 3.8) is 0 Å². The van der Waals surface area contributed by atoms with Crippen LogP contribution in [0.25, 0.3) is 10.6 Å². The van der Waals surface area contributed by atoms with Gasteiger partial charge >= 0.3 is 5.97 Å². The average Bonchev–Trinajstić information content (AvgIpc) is 3.31. The van der Waals surface area contributed by atoms with Gasteiger partial charge in [0.05, 0.1) is 6.42 Å². The van der Waals surface area contributed by atoms with E-state index in [4.69, 9.17) is 15.8 Å². The fraction of sp³-hybridized carbons (Fsp3) is 0.533. The summed E-state index contributed by atoms with van der Waals surface area (Å²) in [5, 5.41) is 9.85. The Morgan fingerprint density at radius 3 is 2.21 bits per heavy atom. The highest BCUT2D eigenvalue weighted by atomic mass is 32.1. The molecule has 3 rings (SSSR count). The zero-order valence-electron chi connectivity index (χ0n) is 23.8. The molecule has 1 aromatic carbocycles. The Morgan fingerprint density at radius 1 is 1.11 bits per heavy atom. The van der Waals surface area contributed by atoms with Gasteiger partial charge in [-0.25, -0.2) is 4.98 Å². The van der Waals surface area contributed by atoms with Gasteiger partial charge in [0.25, 0.3) is 0 Å². The molecule has 38 heavy (non-hydrogen) atoms. The summed E-state index contributed by atoms with van der Waals surface area (Å²) in [7, 11) is 0. The molecule has 1 amide bonds. The number of carboxylic acid groups (broad SMARTS) is 1. The number of amides is 1. The van der Waals surface area contributed by atoms with Gasteiger partial charge in [0.1, 0.15) is 11.6 Å². The third kappa shape index (κ3) is 8.00. The van der Waals surface area contributed by atoms with Crippen LogP contribution in [0.5, 0.6) is 0 Å². The van der Waals surface area contributed by atoms with Crippen molar-refractivity contribution in [3.05, 3.63) is 52.2 Å². The number of rotatable bonds is 7. The molecule has 0 aliphatic carbocycles. The summed E-state index contributed by atoms with van der Waals surface area (Å²) in [6.07, 6.45) is 5.09. The van der Waals surface area contributed by atoms with E-state index in [0.717, 1.165) is 17.8 Å². The first kappa shape index (κ1) is 29.6. The van der Waals surface area contributed by atoms with Crippen LogP contribution in [0.2, 0.25) is 0 Å². The van der Waals surface area contributed by atoms with Crippen LogP contribution in [-0.2, 0) is 20.4 Å². The first-order valence-electron chi connectivity index (χ1n) is 13.2. The van der Waals surface area contributed by atoms with E-state index in [1.807, 2.05) is 11.1 Å². The van der Waals surface area contributed by atoms with Crippen LogP contribution in [0.3, 0.4) is 0 Å². The second-order valence-corrected chi connectivity index (χ2v) is 13.3. The van der Waals surface area contributed by atoms with Crippen LogP contribution >= 0.6 is 11.3 Å². The number of aliphatic carboxylic acids is 1. The number of carbonyl (C=O) groups is 2. The number of carboxylic acids is 1. The van der Waals surface area contributed by atoms with E-state index < -0.39 is 5.97 Å². The molecule has 1 aliphatic heterocycles. The molecule has 1 aromatic heterocycles. The maximum atomic E-state index is 12.7. The number of thiazole rings is 1. The van der Waals surface area contributed by atoms with Crippen molar-refractivity contribution in [2.24, 2.45) is 10.7 Å². The highest BCUT2D eigenvalue weighted by molar-refractivity contribution is 7.15. The Balaban J connectivity index is 1.65. The smallest absolute Gasteiger partial charge is 0.309 e. The number of nitrogens with zero attached hydrogens (tertiary/aromatic N) is 3. The zero-order valence-corrected chi connectivity index (χ0v) is 24.6. The van der Waals surface area contributed by atoms with Crippen LogP contribution in [0.4, 0.5) is 0 Å². The van der Waals surface area contributed by atoms with E-state index in [1.165, 1.54) is 27.6 Å². The molecule has 1 aliphatic rings. The molecular weight excluding hydrogens is 496 g/mol. The van der Waals surface area contributed by atoms with E-state index in [1.54, 1.807) is 18.3 Å². The standard InChI is InChI=1S/C30H42N4O3S/c1-19(12-24(31)16-27(36)37)32-18-26(35)34-10-8-20(9-11-34)25-17-33-28(38-25)21-13-22(29(2,3)4)15-23(14-21)30(5,6)7/h12-15,17,20H,8-11,16,18,31H2,1-7H3,(H,36,37). The largest absolute Gasteiger partial charge is 0.481 e. The summed E-state index contributed by atoms with van der Waals surface area (Å²) in [4.78, 5) is 35.7. The summed E-state index contributed by atoms with van der Waals surface area (Å²) in [5.41, 5.74) is 10.4. The van der Waals surface area contributed by atoms with Crippen LogP contribution in [0.1, 0.15) is 89.7 Å². The summed E-state index contributed by atoms with van der Waals surface area (Å²) in [5.74, 6) is -0.625. The third-order valence-electron chi connectivity index (χ3n) is 6.90. The van der Waals surface area contributed by atoms with Gasteiger partial charge in [0.2, 0.25) is 5.91 Å². The van der Waals surface area contributed by atoms with Crippen molar-refractivity contribution >= 4 is 28.9 Å². The quantitative estimate of drug-likeness (QED) is 0.427. The molecule has 3 N–H and O–H groups in total. The van der Waals surface area contributed by atoms with Gasteiger partial charge in [0.15, 0.2) is 0 Å². The molecule has 2 aromatic rings. The summed E-state index contributed by atoms with van der Waals surface area (Å²) >= 11 is 1.77. The molecule has 8 heteroatoms. The number of nitrogens with two attached hydrogens (primary N) is 1. The molecule has 0 bridgehead atoms. The maximum Gasteiger partial charge on any atom is 0.309 e. The first-order chi connectivity index (χ1) is 17.6. The number of allylic oxidation sites excluding steroid dienone is 1. The number of aliphatic imine (C=N–C) groups is 1. The molecule has 0 radical (unpaired) electrons. The molecule has 7 nitrogen and oxygen atoms in total. The Morgan fingerprint density at radius 2 is 1.68 bits per heavy atom. The van der Waals surface area contributed by atoms with E-state index in [-0.39, 0.29) is 35.4 Å². The predicted molar refractivity (Wildman–Crippen MR) is 156 cm³/mol. The molecule has 0 spiro atoms. The van der Waals surface area contributed by atoms with Gasteiger partial charge in [-0.2, -0.15) is 0 Å². The number of piperidine rings is 1. The predicted octanol–water partition coefficient (Wildman–Crippen LogP) is 5.89. The Hall–Kier alpha value is -3.00. The highest BCUT2D eigenvalue weighted by Crippen LogP contribution is 2.38.